The SMILES string of the molecule is Cc1ccccc1CC(N)C(=O)N1Cc2ccccc2C1. The lowest BCUT2D eigenvalue weighted by atomic mass is 10.0. The monoisotopic (exact) mass is 280 g/mol. The zero-order chi connectivity index (χ0) is 14.8. The number of carbonyl (C=O) groups is 1. The molecular weight excluding hydrogens is 260 g/mol. The summed E-state index contributed by atoms with van der Waals surface area (Å²) < 4.78 is 0. The van der Waals surface area contributed by atoms with Crippen molar-refractivity contribution in [2.24, 2.45) is 5.73 Å². The van der Waals surface area contributed by atoms with Crippen molar-refractivity contribution in [2.75, 3.05) is 0 Å². The first-order valence-corrected chi connectivity index (χ1v) is 7.31. The Labute approximate surface area is 125 Å². The van der Waals surface area contributed by atoms with Crippen LogP contribution in [0.25, 0.3) is 0 Å². The zero-order valence-electron chi connectivity index (χ0n) is 12.3. The molecule has 1 aliphatic heterocycles. The number of carbonyl (C=O) groups excluding carboxylic acids is 1. The van der Waals surface area contributed by atoms with Crippen molar-refractivity contribution in [2.45, 2.75) is 32.5 Å². The summed E-state index contributed by atoms with van der Waals surface area (Å²) in [7, 11) is 0. The second kappa shape index (κ2) is 5.70. The van der Waals surface area contributed by atoms with E-state index in [1.165, 1.54) is 16.7 Å². The molecule has 3 nitrogen and oxygen atoms in total. The quantitative estimate of drug-likeness (QED) is 0.938. The first-order chi connectivity index (χ1) is 10.1. The fraction of sp³-hybridized carbons (Fsp3) is 0.278. The van der Waals surface area contributed by atoms with Crippen LogP contribution >= 0.6 is 0 Å². The van der Waals surface area contributed by atoms with Crippen molar-refractivity contribution in [1.82, 2.24) is 4.90 Å². The molecule has 1 unspecified atom stereocenters. The van der Waals surface area contributed by atoms with Gasteiger partial charge in [-0.05, 0) is 35.6 Å². The molecule has 108 valence electrons. The second-order valence-corrected chi connectivity index (χ2v) is 5.70. The fourth-order valence-corrected chi connectivity index (χ4v) is 2.89. The number of nitrogens with two attached hydrogens (primary N) is 1. The molecule has 3 rings (SSSR count). The molecule has 1 heterocycles. The van der Waals surface area contributed by atoms with Gasteiger partial charge < -0.3 is 10.6 Å². The molecule has 2 N–H and O–H groups in total. The predicted molar refractivity (Wildman–Crippen MR) is 83.6 cm³/mol. The van der Waals surface area contributed by atoms with Crippen LogP contribution in [0.1, 0.15) is 22.3 Å². The number of nitrogens with zero attached hydrogens (tertiary/aromatic N) is 1. The van der Waals surface area contributed by atoms with Gasteiger partial charge in [-0.3, -0.25) is 4.79 Å². The highest BCUT2D eigenvalue weighted by Crippen LogP contribution is 2.23. The molecule has 21 heavy (non-hydrogen) atoms. The van der Waals surface area contributed by atoms with Gasteiger partial charge in [-0.15, -0.1) is 0 Å². The summed E-state index contributed by atoms with van der Waals surface area (Å²) in [4.78, 5) is 14.4. The maximum atomic E-state index is 12.5. The van der Waals surface area contributed by atoms with Crippen LogP contribution < -0.4 is 5.73 Å². The van der Waals surface area contributed by atoms with Gasteiger partial charge in [-0.1, -0.05) is 48.5 Å². The van der Waals surface area contributed by atoms with Gasteiger partial charge in [-0.2, -0.15) is 0 Å². The summed E-state index contributed by atoms with van der Waals surface area (Å²) in [5.74, 6) is 0.0365. The lowest BCUT2D eigenvalue weighted by molar-refractivity contribution is -0.133. The molecular formula is C18H20N2O. The van der Waals surface area contributed by atoms with Gasteiger partial charge in [0.25, 0.3) is 0 Å². The average Bonchev–Trinajstić information content (AvgIpc) is 2.92. The molecule has 2 aromatic carbocycles. The van der Waals surface area contributed by atoms with Crippen LogP contribution in [0.4, 0.5) is 0 Å². The third-order valence-electron chi connectivity index (χ3n) is 4.17. The summed E-state index contributed by atoms with van der Waals surface area (Å²) in [5.41, 5.74) is 10.9. The van der Waals surface area contributed by atoms with Gasteiger partial charge in [-0.25, -0.2) is 0 Å². The van der Waals surface area contributed by atoms with E-state index in [2.05, 4.69) is 25.1 Å². The van der Waals surface area contributed by atoms with E-state index in [-0.39, 0.29) is 5.91 Å². The van der Waals surface area contributed by atoms with E-state index in [1.807, 2.05) is 35.2 Å². The van der Waals surface area contributed by atoms with E-state index in [9.17, 15) is 4.79 Å². The van der Waals surface area contributed by atoms with Gasteiger partial charge in [0.15, 0.2) is 0 Å². The minimum atomic E-state index is -0.472. The van der Waals surface area contributed by atoms with Crippen LogP contribution in [0, 0.1) is 6.92 Å². The van der Waals surface area contributed by atoms with Crippen LogP contribution in [0.5, 0.6) is 0 Å². The first-order valence-electron chi connectivity index (χ1n) is 7.31. The van der Waals surface area contributed by atoms with E-state index >= 15 is 0 Å². The molecule has 2 aromatic rings. The number of hydrogen-bond donors (Lipinski definition) is 1. The standard InChI is InChI=1S/C18H20N2O/c1-13-6-2-3-7-14(13)10-17(19)18(21)20-11-15-8-4-5-9-16(15)12-20/h2-9,17H,10-12,19H2,1H3. The molecule has 0 radical (unpaired) electrons. The van der Waals surface area contributed by atoms with Crippen LogP contribution in [-0.4, -0.2) is 16.8 Å². The molecule has 0 saturated carbocycles. The van der Waals surface area contributed by atoms with Crippen LogP contribution in [0.2, 0.25) is 0 Å². The summed E-state index contributed by atoms with van der Waals surface area (Å²) in [5, 5.41) is 0. The number of rotatable bonds is 3. The Morgan fingerprint density at radius 2 is 1.67 bits per heavy atom. The number of amides is 1. The minimum Gasteiger partial charge on any atom is -0.333 e. The highest BCUT2D eigenvalue weighted by Gasteiger charge is 2.27. The average molecular weight is 280 g/mol. The molecule has 0 fully saturated rings. The van der Waals surface area contributed by atoms with Gasteiger partial charge in [0.2, 0.25) is 5.91 Å². The summed E-state index contributed by atoms with van der Waals surface area (Å²) in [6.45, 7) is 3.41. The van der Waals surface area contributed by atoms with Gasteiger partial charge in [0.1, 0.15) is 0 Å². The van der Waals surface area contributed by atoms with E-state index in [0.717, 1.165) is 5.56 Å². The number of aryl methyl sites for hydroxylation is 1. The molecule has 0 aliphatic carbocycles. The van der Waals surface area contributed by atoms with E-state index in [1.54, 1.807) is 0 Å². The number of benzene rings is 2. The van der Waals surface area contributed by atoms with Gasteiger partial charge in [0, 0.05) is 13.1 Å². The molecule has 0 spiro atoms. The Morgan fingerprint density at radius 3 is 2.29 bits per heavy atom. The molecule has 0 saturated heterocycles. The van der Waals surface area contributed by atoms with Crippen molar-refractivity contribution < 1.29 is 4.79 Å². The highest BCUT2D eigenvalue weighted by atomic mass is 16.2. The Balaban J connectivity index is 1.68. The van der Waals surface area contributed by atoms with Gasteiger partial charge >= 0.3 is 0 Å². The minimum absolute atomic E-state index is 0.0365. The Hall–Kier alpha value is -2.13. The molecule has 1 amide bonds. The summed E-state index contributed by atoms with van der Waals surface area (Å²) in [6, 6.07) is 15.8. The van der Waals surface area contributed by atoms with Crippen LogP contribution in [0.3, 0.4) is 0 Å². The Bertz CT molecular complexity index is 641. The summed E-state index contributed by atoms with van der Waals surface area (Å²) >= 11 is 0. The molecule has 0 bridgehead atoms. The highest BCUT2D eigenvalue weighted by molar-refractivity contribution is 5.82. The van der Waals surface area contributed by atoms with Crippen molar-refractivity contribution >= 4 is 5.91 Å². The van der Waals surface area contributed by atoms with E-state index < -0.39 is 6.04 Å². The zero-order valence-corrected chi connectivity index (χ0v) is 12.3. The van der Waals surface area contributed by atoms with Crippen molar-refractivity contribution in [3.8, 4) is 0 Å². The first kappa shape index (κ1) is 13.8. The van der Waals surface area contributed by atoms with Crippen LogP contribution in [0.15, 0.2) is 48.5 Å². The smallest absolute Gasteiger partial charge is 0.240 e. The Kier molecular flexibility index (Phi) is 3.76. The number of fused-ring (bicyclic) bond motifs is 1. The molecule has 1 atom stereocenters. The molecule has 3 heteroatoms. The predicted octanol–water partition coefficient (Wildman–Crippen LogP) is 2.41. The van der Waals surface area contributed by atoms with Crippen molar-refractivity contribution in [3.05, 3.63) is 70.8 Å². The van der Waals surface area contributed by atoms with Crippen molar-refractivity contribution in [3.63, 3.8) is 0 Å². The lowest BCUT2D eigenvalue weighted by Crippen LogP contribution is -2.42. The number of hydrogen-bond acceptors (Lipinski definition) is 2. The van der Waals surface area contributed by atoms with Gasteiger partial charge in [0.05, 0.1) is 6.04 Å². The molecule has 1 aliphatic rings. The third-order valence-corrected chi connectivity index (χ3v) is 4.17. The maximum absolute atomic E-state index is 12.5. The van der Waals surface area contributed by atoms with E-state index in [4.69, 9.17) is 5.73 Å². The summed E-state index contributed by atoms with van der Waals surface area (Å²) in [6.07, 6.45) is 0.596. The fourth-order valence-electron chi connectivity index (χ4n) is 2.89. The molecule has 0 aromatic heterocycles. The van der Waals surface area contributed by atoms with Crippen molar-refractivity contribution in [1.29, 1.82) is 0 Å². The normalized spacial score (nSPS) is 14.9. The van der Waals surface area contributed by atoms with Crippen LogP contribution in [-0.2, 0) is 24.3 Å². The lowest BCUT2D eigenvalue weighted by Gasteiger charge is -2.21. The third kappa shape index (κ3) is 2.83. The maximum Gasteiger partial charge on any atom is 0.240 e. The Morgan fingerprint density at radius 1 is 1.10 bits per heavy atom. The topological polar surface area (TPSA) is 46.3 Å². The van der Waals surface area contributed by atoms with E-state index in [0.29, 0.717) is 19.5 Å². The second-order valence-electron chi connectivity index (χ2n) is 5.70. The largest absolute Gasteiger partial charge is 0.333 e.